The van der Waals surface area contributed by atoms with Gasteiger partial charge in [-0.1, -0.05) is 19.1 Å². The van der Waals surface area contributed by atoms with Gasteiger partial charge in [-0.15, -0.1) is 0 Å². The van der Waals surface area contributed by atoms with Crippen molar-refractivity contribution in [2.75, 3.05) is 26.7 Å². The second-order valence-electron chi connectivity index (χ2n) is 5.22. The molecule has 0 aromatic heterocycles. The van der Waals surface area contributed by atoms with Crippen LogP contribution in [0.1, 0.15) is 31.7 Å². The SMILES string of the molecule is CCC(N)(CN1CCCC1)c1ccc(OC)cc1. The molecule has 0 radical (unpaired) electrons. The highest BCUT2D eigenvalue weighted by Gasteiger charge is 2.29. The summed E-state index contributed by atoms with van der Waals surface area (Å²) in [6.07, 6.45) is 3.57. The maximum absolute atomic E-state index is 6.61. The average Bonchev–Trinajstić information content (AvgIpc) is 2.91. The van der Waals surface area contributed by atoms with E-state index in [9.17, 15) is 0 Å². The topological polar surface area (TPSA) is 38.5 Å². The fourth-order valence-electron chi connectivity index (χ4n) is 2.67. The summed E-state index contributed by atoms with van der Waals surface area (Å²) >= 11 is 0. The minimum absolute atomic E-state index is 0.239. The van der Waals surface area contributed by atoms with Gasteiger partial charge in [-0.25, -0.2) is 0 Å². The molecule has 1 unspecified atom stereocenters. The minimum atomic E-state index is -0.239. The van der Waals surface area contributed by atoms with Crippen LogP contribution >= 0.6 is 0 Å². The molecule has 0 spiro atoms. The lowest BCUT2D eigenvalue weighted by Gasteiger charge is -2.33. The van der Waals surface area contributed by atoms with Gasteiger partial charge in [-0.05, 0) is 50.0 Å². The van der Waals surface area contributed by atoms with Crippen LogP contribution in [-0.4, -0.2) is 31.6 Å². The van der Waals surface area contributed by atoms with Crippen molar-refractivity contribution in [1.82, 2.24) is 4.90 Å². The van der Waals surface area contributed by atoms with Crippen molar-refractivity contribution in [3.05, 3.63) is 29.8 Å². The zero-order valence-corrected chi connectivity index (χ0v) is 11.5. The number of benzene rings is 1. The molecule has 1 saturated heterocycles. The number of ether oxygens (including phenoxy) is 1. The van der Waals surface area contributed by atoms with E-state index in [-0.39, 0.29) is 5.54 Å². The second kappa shape index (κ2) is 5.72. The van der Waals surface area contributed by atoms with Crippen LogP contribution in [0.5, 0.6) is 5.75 Å². The Labute approximate surface area is 110 Å². The Morgan fingerprint density at radius 3 is 2.33 bits per heavy atom. The number of nitrogens with zero attached hydrogens (tertiary/aromatic N) is 1. The highest BCUT2D eigenvalue weighted by molar-refractivity contribution is 5.32. The van der Waals surface area contributed by atoms with Gasteiger partial charge in [0, 0.05) is 6.54 Å². The van der Waals surface area contributed by atoms with Gasteiger partial charge in [-0.2, -0.15) is 0 Å². The van der Waals surface area contributed by atoms with Crippen LogP contribution in [0.15, 0.2) is 24.3 Å². The molecular weight excluding hydrogens is 224 g/mol. The van der Waals surface area contributed by atoms with Crippen LogP contribution in [0.2, 0.25) is 0 Å². The molecule has 1 aliphatic heterocycles. The molecule has 1 atom stereocenters. The normalized spacial score (nSPS) is 19.7. The Bertz CT molecular complexity index is 371. The van der Waals surface area contributed by atoms with Crippen molar-refractivity contribution < 1.29 is 4.74 Å². The Balaban J connectivity index is 2.13. The van der Waals surface area contributed by atoms with Crippen molar-refractivity contribution in [3.63, 3.8) is 0 Å². The van der Waals surface area contributed by atoms with Crippen molar-refractivity contribution >= 4 is 0 Å². The van der Waals surface area contributed by atoms with Crippen LogP contribution in [-0.2, 0) is 5.54 Å². The molecular formula is C15H24N2O. The molecule has 100 valence electrons. The first kappa shape index (κ1) is 13.4. The molecule has 0 amide bonds. The van der Waals surface area contributed by atoms with Crippen molar-refractivity contribution in [3.8, 4) is 5.75 Å². The van der Waals surface area contributed by atoms with Crippen LogP contribution in [0, 0.1) is 0 Å². The zero-order chi connectivity index (χ0) is 13.0. The summed E-state index contributed by atoms with van der Waals surface area (Å²) in [4.78, 5) is 2.48. The van der Waals surface area contributed by atoms with Gasteiger partial charge in [-0.3, -0.25) is 0 Å². The summed E-state index contributed by atoms with van der Waals surface area (Å²) in [6.45, 7) is 5.50. The van der Waals surface area contributed by atoms with Crippen molar-refractivity contribution in [2.45, 2.75) is 31.7 Å². The van der Waals surface area contributed by atoms with Gasteiger partial charge in [0.25, 0.3) is 0 Å². The highest BCUT2D eigenvalue weighted by Crippen LogP contribution is 2.26. The summed E-state index contributed by atoms with van der Waals surface area (Å²) in [5, 5.41) is 0. The standard InChI is InChI=1S/C15H24N2O/c1-3-15(16,12-17-10-4-5-11-17)13-6-8-14(18-2)9-7-13/h6-9H,3-5,10-12,16H2,1-2H3. The molecule has 0 saturated carbocycles. The van der Waals surface area contributed by atoms with E-state index in [1.165, 1.54) is 31.5 Å². The van der Waals surface area contributed by atoms with E-state index in [1.807, 2.05) is 12.1 Å². The molecule has 1 fully saturated rings. The number of nitrogens with two attached hydrogens (primary N) is 1. The zero-order valence-electron chi connectivity index (χ0n) is 11.5. The number of hydrogen-bond acceptors (Lipinski definition) is 3. The smallest absolute Gasteiger partial charge is 0.118 e. The molecule has 2 N–H and O–H groups in total. The maximum atomic E-state index is 6.61. The Kier molecular flexibility index (Phi) is 4.25. The molecule has 1 aromatic carbocycles. The first-order chi connectivity index (χ1) is 8.68. The van der Waals surface area contributed by atoms with E-state index < -0.39 is 0 Å². The molecule has 3 heteroatoms. The van der Waals surface area contributed by atoms with E-state index in [2.05, 4.69) is 24.0 Å². The van der Waals surface area contributed by atoms with Gasteiger partial charge in [0.05, 0.1) is 12.6 Å². The molecule has 2 rings (SSSR count). The second-order valence-corrected chi connectivity index (χ2v) is 5.22. The van der Waals surface area contributed by atoms with Crippen LogP contribution in [0.3, 0.4) is 0 Å². The summed E-state index contributed by atoms with van der Waals surface area (Å²) in [7, 11) is 1.69. The Hall–Kier alpha value is -1.06. The summed E-state index contributed by atoms with van der Waals surface area (Å²) < 4.78 is 5.20. The molecule has 1 aliphatic rings. The van der Waals surface area contributed by atoms with Crippen molar-refractivity contribution in [2.24, 2.45) is 5.73 Å². The quantitative estimate of drug-likeness (QED) is 0.869. The minimum Gasteiger partial charge on any atom is -0.497 e. The third-order valence-electron chi connectivity index (χ3n) is 4.00. The number of likely N-dealkylation sites (tertiary alicyclic amines) is 1. The maximum Gasteiger partial charge on any atom is 0.118 e. The third-order valence-corrected chi connectivity index (χ3v) is 4.00. The summed E-state index contributed by atoms with van der Waals surface area (Å²) in [5.74, 6) is 0.887. The van der Waals surface area contributed by atoms with E-state index in [0.717, 1.165) is 18.7 Å². The molecule has 3 nitrogen and oxygen atoms in total. The average molecular weight is 248 g/mol. The van der Waals surface area contributed by atoms with E-state index >= 15 is 0 Å². The first-order valence-electron chi connectivity index (χ1n) is 6.84. The first-order valence-corrected chi connectivity index (χ1v) is 6.84. The number of methoxy groups -OCH3 is 1. The van der Waals surface area contributed by atoms with E-state index in [1.54, 1.807) is 7.11 Å². The lowest BCUT2D eigenvalue weighted by atomic mass is 9.87. The van der Waals surface area contributed by atoms with E-state index in [4.69, 9.17) is 10.5 Å². The lowest BCUT2D eigenvalue weighted by Crippen LogP contribution is -2.46. The molecule has 1 aromatic rings. The van der Waals surface area contributed by atoms with Gasteiger partial charge in [0.15, 0.2) is 0 Å². The predicted molar refractivity (Wildman–Crippen MR) is 74.8 cm³/mol. The number of hydrogen-bond donors (Lipinski definition) is 1. The fraction of sp³-hybridized carbons (Fsp3) is 0.600. The Morgan fingerprint density at radius 1 is 1.22 bits per heavy atom. The molecule has 18 heavy (non-hydrogen) atoms. The van der Waals surface area contributed by atoms with Crippen LogP contribution in [0.4, 0.5) is 0 Å². The predicted octanol–water partition coefficient (Wildman–Crippen LogP) is 2.36. The van der Waals surface area contributed by atoms with Crippen LogP contribution < -0.4 is 10.5 Å². The van der Waals surface area contributed by atoms with E-state index in [0.29, 0.717) is 0 Å². The molecule has 1 heterocycles. The lowest BCUT2D eigenvalue weighted by molar-refractivity contribution is 0.241. The van der Waals surface area contributed by atoms with Gasteiger partial charge < -0.3 is 15.4 Å². The Morgan fingerprint density at radius 2 is 1.83 bits per heavy atom. The summed E-state index contributed by atoms with van der Waals surface area (Å²) in [5.41, 5.74) is 7.57. The van der Waals surface area contributed by atoms with Crippen LogP contribution in [0.25, 0.3) is 0 Å². The third kappa shape index (κ3) is 2.85. The van der Waals surface area contributed by atoms with Gasteiger partial charge >= 0.3 is 0 Å². The molecule has 0 aliphatic carbocycles. The summed E-state index contributed by atoms with van der Waals surface area (Å²) in [6, 6.07) is 8.18. The monoisotopic (exact) mass is 248 g/mol. The highest BCUT2D eigenvalue weighted by atomic mass is 16.5. The van der Waals surface area contributed by atoms with Gasteiger partial charge in [0.2, 0.25) is 0 Å². The fourth-order valence-corrected chi connectivity index (χ4v) is 2.67. The van der Waals surface area contributed by atoms with Crippen molar-refractivity contribution in [1.29, 1.82) is 0 Å². The van der Waals surface area contributed by atoms with Gasteiger partial charge in [0.1, 0.15) is 5.75 Å². The molecule has 0 bridgehead atoms. The largest absolute Gasteiger partial charge is 0.497 e. The number of rotatable bonds is 5.